The lowest BCUT2D eigenvalue weighted by molar-refractivity contribution is -0.139. The van der Waals surface area contributed by atoms with Gasteiger partial charge in [-0.1, -0.05) is 13.0 Å². The van der Waals surface area contributed by atoms with E-state index in [1.807, 2.05) is 0 Å². The van der Waals surface area contributed by atoms with Crippen molar-refractivity contribution < 1.29 is 23.5 Å². The number of aliphatic carboxylic acids is 1. The Bertz CT molecular complexity index is 448. The highest BCUT2D eigenvalue weighted by molar-refractivity contribution is 5.96. The van der Waals surface area contributed by atoms with Crippen molar-refractivity contribution in [3.05, 3.63) is 35.4 Å². The monoisotopic (exact) mass is 243 g/mol. The lowest BCUT2D eigenvalue weighted by atomic mass is 10.1. The summed E-state index contributed by atoms with van der Waals surface area (Å²) in [5, 5.41) is 10.8. The van der Waals surface area contributed by atoms with Crippen LogP contribution in [0.3, 0.4) is 0 Å². The molecule has 0 fully saturated rings. The van der Waals surface area contributed by atoms with Gasteiger partial charge < -0.3 is 10.4 Å². The van der Waals surface area contributed by atoms with Gasteiger partial charge in [0.2, 0.25) is 0 Å². The summed E-state index contributed by atoms with van der Waals surface area (Å²) in [5.41, 5.74) is -0.510. The first kappa shape index (κ1) is 13.1. The number of nitrogens with one attached hydrogen (secondary N) is 1. The van der Waals surface area contributed by atoms with Crippen LogP contribution in [0.15, 0.2) is 18.2 Å². The number of hydrogen-bond donors (Lipinski definition) is 2. The van der Waals surface area contributed by atoms with E-state index in [0.29, 0.717) is 0 Å². The van der Waals surface area contributed by atoms with Crippen LogP contribution in [0, 0.1) is 11.6 Å². The summed E-state index contributed by atoms with van der Waals surface area (Å²) in [4.78, 5) is 22.2. The third kappa shape index (κ3) is 2.99. The van der Waals surface area contributed by atoms with E-state index >= 15 is 0 Å². The molecule has 0 saturated heterocycles. The zero-order valence-corrected chi connectivity index (χ0v) is 9.04. The molecule has 1 rings (SSSR count). The van der Waals surface area contributed by atoms with Crippen molar-refractivity contribution in [3.63, 3.8) is 0 Å². The summed E-state index contributed by atoms with van der Waals surface area (Å²) >= 11 is 0. The topological polar surface area (TPSA) is 66.4 Å². The van der Waals surface area contributed by atoms with Gasteiger partial charge in [0.1, 0.15) is 6.04 Å². The fraction of sp³-hybridized carbons (Fsp3) is 0.273. The van der Waals surface area contributed by atoms with E-state index in [1.165, 1.54) is 6.07 Å². The molecule has 0 aliphatic heterocycles. The van der Waals surface area contributed by atoms with Crippen LogP contribution in [0.4, 0.5) is 8.78 Å². The number of carboxylic acids is 1. The van der Waals surface area contributed by atoms with E-state index in [0.717, 1.165) is 12.1 Å². The summed E-state index contributed by atoms with van der Waals surface area (Å²) < 4.78 is 26.1. The van der Waals surface area contributed by atoms with Crippen molar-refractivity contribution in [2.45, 2.75) is 19.4 Å². The van der Waals surface area contributed by atoms with Gasteiger partial charge in [0.05, 0.1) is 5.56 Å². The fourth-order valence-corrected chi connectivity index (χ4v) is 1.25. The Kier molecular flexibility index (Phi) is 4.14. The predicted molar refractivity (Wildman–Crippen MR) is 55.5 cm³/mol. The Labute approximate surface area is 96.3 Å². The maximum Gasteiger partial charge on any atom is 0.326 e. The highest BCUT2D eigenvalue weighted by atomic mass is 19.2. The van der Waals surface area contributed by atoms with E-state index < -0.39 is 35.1 Å². The molecular formula is C11H11F2NO3. The predicted octanol–water partition coefficient (Wildman–Crippen LogP) is 1.56. The first-order valence-electron chi connectivity index (χ1n) is 4.95. The van der Waals surface area contributed by atoms with Gasteiger partial charge in [0.15, 0.2) is 11.6 Å². The molecule has 1 atom stereocenters. The molecule has 4 nitrogen and oxygen atoms in total. The Hall–Kier alpha value is -1.98. The molecule has 0 saturated carbocycles. The summed E-state index contributed by atoms with van der Waals surface area (Å²) in [5.74, 6) is -4.61. The van der Waals surface area contributed by atoms with Crippen molar-refractivity contribution >= 4 is 11.9 Å². The molecule has 1 amide bonds. The third-order valence-corrected chi connectivity index (χ3v) is 2.21. The molecule has 0 spiro atoms. The number of carbonyl (C=O) groups excluding carboxylic acids is 1. The van der Waals surface area contributed by atoms with Crippen molar-refractivity contribution in [3.8, 4) is 0 Å². The Morgan fingerprint density at radius 1 is 1.41 bits per heavy atom. The van der Waals surface area contributed by atoms with Crippen LogP contribution >= 0.6 is 0 Å². The molecular weight excluding hydrogens is 232 g/mol. The number of benzene rings is 1. The van der Waals surface area contributed by atoms with Gasteiger partial charge >= 0.3 is 5.97 Å². The smallest absolute Gasteiger partial charge is 0.326 e. The summed E-state index contributed by atoms with van der Waals surface area (Å²) in [6, 6.07) is 2.02. The standard InChI is InChI=1S/C11H11F2NO3/c1-2-8(11(16)17)14-10(15)6-4-3-5-7(12)9(6)13/h3-5,8H,2H2,1H3,(H,14,15)(H,16,17)/t8-/m0/s1. The first-order chi connectivity index (χ1) is 7.97. The van der Waals surface area contributed by atoms with Gasteiger partial charge in [0.25, 0.3) is 5.91 Å². The molecule has 0 bridgehead atoms. The molecule has 0 radical (unpaired) electrons. The summed E-state index contributed by atoms with van der Waals surface area (Å²) in [7, 11) is 0. The van der Waals surface area contributed by atoms with Crippen LogP contribution in [0.2, 0.25) is 0 Å². The lowest BCUT2D eigenvalue weighted by Gasteiger charge is -2.12. The first-order valence-corrected chi connectivity index (χ1v) is 4.95. The van der Waals surface area contributed by atoms with E-state index in [-0.39, 0.29) is 6.42 Å². The maximum absolute atomic E-state index is 13.2. The second-order valence-electron chi connectivity index (χ2n) is 3.37. The van der Waals surface area contributed by atoms with Gasteiger partial charge in [-0.05, 0) is 18.6 Å². The number of carbonyl (C=O) groups is 2. The average Bonchev–Trinajstić information content (AvgIpc) is 2.28. The van der Waals surface area contributed by atoms with E-state index in [1.54, 1.807) is 6.92 Å². The molecule has 1 aromatic rings. The second kappa shape index (κ2) is 5.38. The Morgan fingerprint density at radius 3 is 2.59 bits per heavy atom. The van der Waals surface area contributed by atoms with Crippen molar-refractivity contribution in [1.29, 1.82) is 0 Å². The SMILES string of the molecule is CC[C@H](NC(=O)c1cccc(F)c1F)C(=O)O. The van der Waals surface area contributed by atoms with Crippen LogP contribution < -0.4 is 5.32 Å². The minimum atomic E-state index is -1.29. The van der Waals surface area contributed by atoms with Crippen LogP contribution in [-0.4, -0.2) is 23.0 Å². The quantitative estimate of drug-likeness (QED) is 0.843. The zero-order valence-electron chi connectivity index (χ0n) is 9.04. The number of rotatable bonds is 4. The highest BCUT2D eigenvalue weighted by Gasteiger charge is 2.21. The minimum absolute atomic E-state index is 0.151. The van der Waals surface area contributed by atoms with Crippen LogP contribution in [0.1, 0.15) is 23.7 Å². The van der Waals surface area contributed by atoms with Crippen LogP contribution in [0.25, 0.3) is 0 Å². The number of carboxylic acid groups (broad SMARTS) is 1. The van der Waals surface area contributed by atoms with Crippen molar-refractivity contribution in [2.75, 3.05) is 0 Å². The van der Waals surface area contributed by atoms with E-state index in [4.69, 9.17) is 5.11 Å². The van der Waals surface area contributed by atoms with Gasteiger partial charge in [-0.25, -0.2) is 13.6 Å². The second-order valence-corrected chi connectivity index (χ2v) is 3.37. The van der Waals surface area contributed by atoms with Gasteiger partial charge in [0, 0.05) is 0 Å². The summed E-state index contributed by atoms with van der Waals surface area (Å²) in [6.45, 7) is 1.56. The van der Waals surface area contributed by atoms with Crippen LogP contribution in [-0.2, 0) is 4.79 Å². The molecule has 1 aromatic carbocycles. The molecule has 6 heteroatoms. The highest BCUT2D eigenvalue weighted by Crippen LogP contribution is 2.11. The molecule has 0 unspecified atom stereocenters. The van der Waals surface area contributed by atoms with Gasteiger partial charge in [-0.3, -0.25) is 4.79 Å². The molecule has 17 heavy (non-hydrogen) atoms. The number of hydrogen-bond acceptors (Lipinski definition) is 2. The lowest BCUT2D eigenvalue weighted by Crippen LogP contribution is -2.40. The van der Waals surface area contributed by atoms with Crippen LogP contribution in [0.5, 0.6) is 0 Å². The van der Waals surface area contributed by atoms with Gasteiger partial charge in [-0.2, -0.15) is 0 Å². The van der Waals surface area contributed by atoms with Gasteiger partial charge in [-0.15, -0.1) is 0 Å². The molecule has 0 aromatic heterocycles. The minimum Gasteiger partial charge on any atom is -0.480 e. The Morgan fingerprint density at radius 2 is 2.06 bits per heavy atom. The molecule has 0 heterocycles. The largest absolute Gasteiger partial charge is 0.480 e. The molecule has 0 aliphatic carbocycles. The molecule has 92 valence electrons. The van der Waals surface area contributed by atoms with Crippen molar-refractivity contribution in [1.82, 2.24) is 5.32 Å². The third-order valence-electron chi connectivity index (χ3n) is 2.21. The zero-order chi connectivity index (χ0) is 13.0. The normalized spacial score (nSPS) is 11.9. The molecule has 0 aliphatic rings. The van der Waals surface area contributed by atoms with Crippen molar-refractivity contribution in [2.24, 2.45) is 0 Å². The number of halogens is 2. The summed E-state index contributed by atoms with van der Waals surface area (Å²) in [6.07, 6.45) is 0.151. The molecule has 2 N–H and O–H groups in total. The fourth-order valence-electron chi connectivity index (χ4n) is 1.25. The average molecular weight is 243 g/mol. The maximum atomic E-state index is 13.2. The van der Waals surface area contributed by atoms with E-state index in [9.17, 15) is 18.4 Å². The van der Waals surface area contributed by atoms with E-state index in [2.05, 4.69) is 5.32 Å². The Balaban J connectivity index is 2.90. The number of amides is 1.